The Kier molecular flexibility index (Phi) is 5.80. The monoisotopic (exact) mass is 468 g/mol. The second-order valence-electron chi connectivity index (χ2n) is 7.55. The van der Waals surface area contributed by atoms with Gasteiger partial charge in [0, 0.05) is 40.3 Å². The van der Waals surface area contributed by atoms with Crippen LogP contribution in [0.1, 0.15) is 0 Å². The number of aromatic nitrogens is 1. The average molecular weight is 469 g/mol. The van der Waals surface area contributed by atoms with Crippen LogP contribution in [-0.2, 0) is 0 Å². The molecule has 0 aliphatic carbocycles. The predicted octanol–water partition coefficient (Wildman–Crippen LogP) is 7.37. The van der Waals surface area contributed by atoms with Gasteiger partial charge in [0.05, 0.1) is 27.9 Å². The van der Waals surface area contributed by atoms with Crippen molar-refractivity contribution >= 4 is 50.0 Å². The maximum absolute atomic E-state index is 11.1. The quantitative estimate of drug-likeness (QED) is 0.191. The average Bonchev–Trinajstić information content (AvgIpc) is 3.31. The molecule has 2 heterocycles. The fourth-order valence-corrected chi connectivity index (χ4v) is 4.67. The van der Waals surface area contributed by atoms with Crippen LogP contribution in [0.25, 0.3) is 20.7 Å². The minimum absolute atomic E-state index is 0.0737. The Bertz CT molecular complexity index is 1460. The summed E-state index contributed by atoms with van der Waals surface area (Å²) in [6.07, 6.45) is 1.76. The number of pyridine rings is 1. The fourth-order valence-electron chi connectivity index (χ4n) is 3.58. The summed E-state index contributed by atoms with van der Waals surface area (Å²) in [5.74, 6) is 0.816. The Morgan fingerprint density at radius 1 is 0.882 bits per heavy atom. The van der Waals surface area contributed by atoms with Crippen molar-refractivity contribution in [2.45, 2.75) is 0 Å². The molecule has 0 aliphatic heterocycles. The predicted molar refractivity (Wildman–Crippen MR) is 138 cm³/mol. The Balaban J connectivity index is 1.36. The minimum Gasteiger partial charge on any atom is -0.497 e. The van der Waals surface area contributed by atoms with E-state index in [-0.39, 0.29) is 10.6 Å². The van der Waals surface area contributed by atoms with Crippen LogP contribution in [0.3, 0.4) is 0 Å². The van der Waals surface area contributed by atoms with Crippen LogP contribution in [0.2, 0.25) is 0 Å². The molecule has 0 atom stereocenters. The van der Waals surface area contributed by atoms with Gasteiger partial charge in [-0.05, 0) is 66.2 Å². The van der Waals surface area contributed by atoms with Crippen LogP contribution in [0.4, 0.5) is 28.4 Å². The number of benzene rings is 3. The van der Waals surface area contributed by atoms with E-state index in [1.807, 2.05) is 66.7 Å². The van der Waals surface area contributed by atoms with Gasteiger partial charge in [-0.25, -0.2) is 0 Å². The molecule has 0 unspecified atom stereocenters. The molecule has 0 radical (unpaired) electrons. The SMILES string of the molecule is COc1ccc(Nc2ccc(Nc3ccnc4cc(-c5cccc([N+](=O)[O-])c5)sc34)cc2)cc1. The number of nitro benzene ring substituents is 1. The zero-order valence-corrected chi connectivity index (χ0v) is 19.0. The molecule has 5 rings (SSSR count). The van der Waals surface area contributed by atoms with Crippen molar-refractivity contribution in [3.05, 3.63) is 101 Å². The largest absolute Gasteiger partial charge is 0.497 e. The van der Waals surface area contributed by atoms with Crippen LogP contribution < -0.4 is 15.4 Å². The van der Waals surface area contributed by atoms with E-state index < -0.39 is 0 Å². The second kappa shape index (κ2) is 9.21. The molecule has 34 heavy (non-hydrogen) atoms. The van der Waals surface area contributed by atoms with Crippen molar-refractivity contribution in [1.29, 1.82) is 0 Å². The summed E-state index contributed by atoms with van der Waals surface area (Å²) in [6, 6.07) is 26.3. The van der Waals surface area contributed by atoms with Crippen LogP contribution in [0.5, 0.6) is 5.75 Å². The van der Waals surface area contributed by atoms with E-state index in [9.17, 15) is 10.1 Å². The molecule has 5 aromatic rings. The van der Waals surface area contributed by atoms with Gasteiger partial charge in [-0.15, -0.1) is 11.3 Å². The first-order valence-corrected chi connectivity index (χ1v) is 11.3. The molecule has 8 heteroatoms. The summed E-state index contributed by atoms with van der Waals surface area (Å²) < 4.78 is 6.19. The summed E-state index contributed by atoms with van der Waals surface area (Å²) in [4.78, 5) is 16.2. The lowest BCUT2D eigenvalue weighted by Crippen LogP contribution is -1.93. The van der Waals surface area contributed by atoms with Gasteiger partial charge in [-0.2, -0.15) is 0 Å². The first-order chi connectivity index (χ1) is 16.6. The number of methoxy groups -OCH3 is 1. The highest BCUT2D eigenvalue weighted by Crippen LogP contribution is 2.38. The molecule has 0 amide bonds. The number of nitro groups is 1. The summed E-state index contributed by atoms with van der Waals surface area (Å²) in [6.45, 7) is 0. The van der Waals surface area contributed by atoms with E-state index in [4.69, 9.17) is 4.74 Å². The molecule has 168 valence electrons. The smallest absolute Gasteiger partial charge is 0.270 e. The molecule has 0 fully saturated rings. The van der Waals surface area contributed by atoms with E-state index in [2.05, 4.69) is 15.6 Å². The van der Waals surface area contributed by atoms with Crippen molar-refractivity contribution in [3.8, 4) is 16.2 Å². The lowest BCUT2D eigenvalue weighted by Gasteiger charge is -2.10. The van der Waals surface area contributed by atoms with Crippen LogP contribution >= 0.6 is 11.3 Å². The molecule has 2 aromatic heterocycles. The van der Waals surface area contributed by atoms with E-state index in [1.165, 1.54) is 6.07 Å². The third kappa shape index (κ3) is 4.53. The van der Waals surface area contributed by atoms with Gasteiger partial charge in [0.2, 0.25) is 0 Å². The molecular weight excluding hydrogens is 448 g/mol. The van der Waals surface area contributed by atoms with Gasteiger partial charge >= 0.3 is 0 Å². The van der Waals surface area contributed by atoms with Crippen molar-refractivity contribution in [3.63, 3.8) is 0 Å². The number of fused-ring (bicyclic) bond motifs is 1. The van der Waals surface area contributed by atoms with E-state index in [0.717, 1.165) is 49.2 Å². The van der Waals surface area contributed by atoms with Gasteiger partial charge in [0.15, 0.2) is 0 Å². The van der Waals surface area contributed by atoms with Crippen LogP contribution in [0.15, 0.2) is 91.1 Å². The zero-order chi connectivity index (χ0) is 23.5. The number of anilines is 4. The molecular formula is C26H20N4O3S. The topological polar surface area (TPSA) is 89.3 Å². The van der Waals surface area contributed by atoms with Gasteiger partial charge in [-0.1, -0.05) is 12.1 Å². The summed E-state index contributed by atoms with van der Waals surface area (Å²) >= 11 is 1.55. The first kappa shape index (κ1) is 21.4. The highest BCUT2D eigenvalue weighted by Gasteiger charge is 2.12. The zero-order valence-electron chi connectivity index (χ0n) is 18.2. The van der Waals surface area contributed by atoms with Gasteiger partial charge in [0.1, 0.15) is 5.75 Å². The molecule has 0 spiro atoms. The maximum Gasteiger partial charge on any atom is 0.270 e. The number of thiophene rings is 1. The van der Waals surface area contributed by atoms with Crippen LogP contribution in [0, 0.1) is 10.1 Å². The number of nitrogens with zero attached hydrogens (tertiary/aromatic N) is 2. The third-order valence-corrected chi connectivity index (χ3v) is 6.50. The number of non-ortho nitro benzene ring substituents is 1. The Labute approximate surface area is 199 Å². The molecule has 7 nitrogen and oxygen atoms in total. The lowest BCUT2D eigenvalue weighted by molar-refractivity contribution is -0.384. The third-order valence-electron chi connectivity index (χ3n) is 5.30. The lowest BCUT2D eigenvalue weighted by atomic mass is 10.1. The first-order valence-electron chi connectivity index (χ1n) is 10.5. The number of hydrogen-bond acceptors (Lipinski definition) is 7. The molecule has 0 aliphatic rings. The van der Waals surface area contributed by atoms with Crippen molar-refractivity contribution in [1.82, 2.24) is 4.98 Å². The summed E-state index contributed by atoms with van der Waals surface area (Å²) in [5.41, 5.74) is 5.54. The highest BCUT2D eigenvalue weighted by atomic mass is 32.1. The number of nitrogens with one attached hydrogen (secondary N) is 2. The van der Waals surface area contributed by atoms with Crippen molar-refractivity contribution < 1.29 is 9.66 Å². The standard InChI is InChI=1S/C26H20N4O3S/c1-33-22-11-9-19(10-12-22)28-18-5-7-20(8-6-18)29-23-13-14-27-24-16-25(34-26(23)24)17-3-2-4-21(15-17)30(31)32/h2-16,28H,1H3,(H,27,29). The van der Waals surface area contributed by atoms with E-state index >= 15 is 0 Å². The summed E-state index contributed by atoms with van der Waals surface area (Å²) in [5, 5.41) is 18.0. The van der Waals surface area contributed by atoms with E-state index in [1.54, 1.807) is 36.8 Å². The van der Waals surface area contributed by atoms with Crippen LogP contribution in [-0.4, -0.2) is 17.0 Å². The maximum atomic E-state index is 11.1. The van der Waals surface area contributed by atoms with Gasteiger partial charge in [-0.3, -0.25) is 15.1 Å². The number of ether oxygens (including phenoxy) is 1. The van der Waals surface area contributed by atoms with E-state index in [0.29, 0.717) is 0 Å². The normalized spacial score (nSPS) is 10.7. The molecule has 0 bridgehead atoms. The van der Waals surface area contributed by atoms with Crippen molar-refractivity contribution in [2.75, 3.05) is 17.7 Å². The Hall–Kier alpha value is -4.43. The molecule has 3 aromatic carbocycles. The molecule has 0 saturated carbocycles. The number of hydrogen-bond donors (Lipinski definition) is 2. The van der Waals surface area contributed by atoms with Crippen molar-refractivity contribution in [2.24, 2.45) is 0 Å². The van der Waals surface area contributed by atoms with Gasteiger partial charge < -0.3 is 15.4 Å². The van der Waals surface area contributed by atoms with Gasteiger partial charge in [0.25, 0.3) is 5.69 Å². The molecule has 2 N–H and O–H groups in total. The Morgan fingerprint density at radius 3 is 2.24 bits per heavy atom. The molecule has 0 saturated heterocycles. The second-order valence-corrected chi connectivity index (χ2v) is 8.60. The Morgan fingerprint density at radius 2 is 1.56 bits per heavy atom. The highest BCUT2D eigenvalue weighted by molar-refractivity contribution is 7.22. The minimum atomic E-state index is -0.380. The summed E-state index contributed by atoms with van der Waals surface area (Å²) in [7, 11) is 1.65. The number of rotatable bonds is 7. The fraction of sp³-hybridized carbons (Fsp3) is 0.0385.